The number of Topliss-reactive ketones (excluding diaryl/α,β-unsaturated/α-hetero) is 1. The Balaban J connectivity index is 5.33. The zero-order chi connectivity index (χ0) is 51.3. The molecular formula is C51H102O19. The van der Waals surface area contributed by atoms with Gasteiger partial charge in [-0.3, -0.25) is 4.79 Å². The number of ether oxygens (including phenoxy) is 18. The minimum Gasteiger partial charge on any atom is -0.382 e. The van der Waals surface area contributed by atoms with Crippen LogP contribution in [0.15, 0.2) is 0 Å². The smallest absolute Gasteiger partial charge is 0.283 e. The van der Waals surface area contributed by atoms with E-state index in [1.165, 1.54) is 0 Å². The summed E-state index contributed by atoms with van der Waals surface area (Å²) in [6.45, 7) is 14.0. The molecule has 0 fully saturated rings. The molecule has 19 nitrogen and oxygen atoms in total. The number of hydrogen-bond donors (Lipinski definition) is 0. The van der Waals surface area contributed by atoms with Gasteiger partial charge in [-0.1, -0.05) is 52.4 Å². The summed E-state index contributed by atoms with van der Waals surface area (Å²) >= 11 is 0. The Morgan fingerprint density at radius 2 is 0.514 bits per heavy atom. The first kappa shape index (κ1) is 69.0. The lowest BCUT2D eigenvalue weighted by atomic mass is 9.83. The molecule has 0 saturated carbocycles. The topological polar surface area (TPSA) is 183 Å². The Kier molecular flexibility index (Phi) is 52.0. The molecule has 0 aromatic rings. The molecule has 19 heteroatoms. The van der Waals surface area contributed by atoms with E-state index in [2.05, 4.69) is 13.8 Å². The van der Waals surface area contributed by atoms with Crippen molar-refractivity contribution in [3.63, 3.8) is 0 Å². The highest BCUT2D eigenvalue weighted by Crippen LogP contribution is 2.28. The van der Waals surface area contributed by atoms with E-state index in [0.29, 0.717) is 138 Å². The minimum absolute atomic E-state index is 0.0517. The third-order valence-corrected chi connectivity index (χ3v) is 11.3. The van der Waals surface area contributed by atoms with Crippen LogP contribution in [0.1, 0.15) is 104 Å². The second-order valence-corrected chi connectivity index (χ2v) is 16.6. The molecule has 0 aliphatic rings. The molecule has 0 aromatic carbocycles. The predicted molar refractivity (Wildman–Crippen MR) is 265 cm³/mol. The summed E-state index contributed by atoms with van der Waals surface area (Å²) in [6, 6.07) is 0. The van der Waals surface area contributed by atoms with E-state index in [-0.39, 0.29) is 51.5 Å². The molecule has 2 atom stereocenters. The molecule has 0 radical (unpaired) electrons. The summed E-state index contributed by atoms with van der Waals surface area (Å²) in [4.78, 5) is 13.9. The van der Waals surface area contributed by atoms with Crippen molar-refractivity contribution in [1.82, 2.24) is 0 Å². The Morgan fingerprint density at radius 3 is 0.729 bits per heavy atom. The molecule has 0 amide bonds. The van der Waals surface area contributed by atoms with Gasteiger partial charge in [-0.25, -0.2) is 0 Å². The largest absolute Gasteiger partial charge is 0.382 e. The molecule has 0 aromatic heterocycles. The Morgan fingerprint density at radius 1 is 0.300 bits per heavy atom. The monoisotopic (exact) mass is 1020 g/mol. The van der Waals surface area contributed by atoms with Crippen LogP contribution in [0.5, 0.6) is 0 Å². The van der Waals surface area contributed by atoms with Crippen molar-refractivity contribution >= 4 is 5.78 Å². The third kappa shape index (κ3) is 40.4. The molecule has 70 heavy (non-hydrogen) atoms. The number of methoxy groups -OCH3 is 6. The van der Waals surface area contributed by atoms with Gasteiger partial charge in [-0.15, -0.1) is 0 Å². The van der Waals surface area contributed by atoms with Gasteiger partial charge in [-0.05, 0) is 38.5 Å². The summed E-state index contributed by atoms with van der Waals surface area (Å²) in [5.41, 5.74) is 0. The molecule has 0 N–H and O–H groups in total. The van der Waals surface area contributed by atoms with E-state index in [9.17, 15) is 4.79 Å². The van der Waals surface area contributed by atoms with Gasteiger partial charge in [0.25, 0.3) is 11.9 Å². The summed E-state index contributed by atoms with van der Waals surface area (Å²) in [7, 11) is 9.84. The van der Waals surface area contributed by atoms with Crippen LogP contribution in [-0.4, -0.2) is 219 Å². The molecule has 0 heterocycles. The highest BCUT2D eigenvalue weighted by molar-refractivity contribution is 5.83. The van der Waals surface area contributed by atoms with Gasteiger partial charge in [0.2, 0.25) is 0 Å². The van der Waals surface area contributed by atoms with Crippen molar-refractivity contribution < 1.29 is 90.1 Å². The normalized spacial score (nSPS) is 13.1. The van der Waals surface area contributed by atoms with Crippen LogP contribution in [-0.2, 0) is 90.1 Å². The third-order valence-electron chi connectivity index (χ3n) is 11.3. The quantitative estimate of drug-likeness (QED) is 0.0464. The summed E-state index contributed by atoms with van der Waals surface area (Å²) in [5.74, 6) is -2.07. The van der Waals surface area contributed by atoms with Crippen molar-refractivity contribution in [2.75, 3.05) is 201 Å². The zero-order valence-electron chi connectivity index (χ0n) is 45.3. The fourth-order valence-electron chi connectivity index (χ4n) is 7.29. The second kappa shape index (κ2) is 52.8. The first-order valence-corrected chi connectivity index (χ1v) is 26.1. The summed E-state index contributed by atoms with van der Waals surface area (Å²) in [6.07, 6.45) is 11.9. The van der Waals surface area contributed by atoms with Gasteiger partial charge < -0.3 is 85.3 Å². The molecule has 0 spiro atoms. The van der Waals surface area contributed by atoms with Gasteiger partial charge >= 0.3 is 0 Å². The lowest BCUT2D eigenvalue weighted by Crippen LogP contribution is -2.42. The highest BCUT2D eigenvalue weighted by atomic mass is 16.9. The SMILES string of the molecule is CCC(CCCCCCC(OCCOCCOC)(OCCOCCOC)OCCOCCOC)C(=O)C(CC)CCCCCCC(OCCOCCOC)(OCCOCCOC)OCCOCCOC. The number of carbonyl (C=O) groups is 1. The molecular weight excluding hydrogens is 917 g/mol. The van der Waals surface area contributed by atoms with E-state index in [0.717, 1.165) is 77.0 Å². The van der Waals surface area contributed by atoms with Crippen molar-refractivity contribution in [2.24, 2.45) is 11.8 Å². The van der Waals surface area contributed by atoms with E-state index >= 15 is 0 Å². The number of carbonyl (C=O) groups excluding carboxylic acids is 1. The average molecular weight is 1020 g/mol. The lowest BCUT2D eigenvalue weighted by Gasteiger charge is -2.33. The van der Waals surface area contributed by atoms with Gasteiger partial charge in [0.05, 0.1) is 159 Å². The van der Waals surface area contributed by atoms with Crippen LogP contribution in [0.25, 0.3) is 0 Å². The van der Waals surface area contributed by atoms with Gasteiger partial charge in [0, 0.05) is 67.3 Å². The molecule has 0 aliphatic carbocycles. The maximum Gasteiger partial charge on any atom is 0.283 e. The predicted octanol–water partition coefficient (Wildman–Crippen LogP) is 6.67. The van der Waals surface area contributed by atoms with E-state index < -0.39 is 11.9 Å². The standard InChI is InChI=1S/C51H102O19/c1-9-47(19-15-11-13-17-21-50(65-41-35-59-29-23-53-3,66-42-36-60-30-24-54-4)67-43-37-61-31-25-55-5)49(52)48(10-2)20-16-12-14-18-22-51(68-44-38-62-32-26-56-6,69-45-39-63-33-27-57-7)70-46-40-64-34-28-58-8/h47-48H,9-46H2,1-8H3. The second-order valence-electron chi connectivity index (χ2n) is 16.6. The van der Waals surface area contributed by atoms with Crippen molar-refractivity contribution in [1.29, 1.82) is 0 Å². The molecule has 2 unspecified atom stereocenters. The van der Waals surface area contributed by atoms with Gasteiger partial charge in [0.1, 0.15) is 5.78 Å². The van der Waals surface area contributed by atoms with Crippen LogP contribution in [0.3, 0.4) is 0 Å². The fraction of sp³-hybridized carbons (Fsp3) is 0.980. The first-order valence-electron chi connectivity index (χ1n) is 26.1. The maximum atomic E-state index is 13.9. The molecule has 0 rings (SSSR count). The average Bonchev–Trinajstić information content (AvgIpc) is 3.37. The minimum atomic E-state index is -1.28. The molecule has 420 valence electrons. The molecule has 0 saturated heterocycles. The summed E-state index contributed by atoms with van der Waals surface area (Å²) in [5, 5.41) is 0. The van der Waals surface area contributed by atoms with E-state index in [4.69, 9.17) is 85.3 Å². The lowest BCUT2D eigenvalue weighted by molar-refractivity contribution is -0.388. The fourth-order valence-corrected chi connectivity index (χ4v) is 7.29. The maximum absolute atomic E-state index is 13.9. The van der Waals surface area contributed by atoms with Crippen LogP contribution >= 0.6 is 0 Å². The highest BCUT2D eigenvalue weighted by Gasteiger charge is 2.35. The first-order chi connectivity index (χ1) is 34.4. The summed E-state index contributed by atoms with van der Waals surface area (Å²) < 4.78 is 102. The van der Waals surface area contributed by atoms with Crippen molar-refractivity contribution in [2.45, 2.75) is 116 Å². The number of unbranched alkanes of at least 4 members (excludes halogenated alkanes) is 6. The van der Waals surface area contributed by atoms with Crippen LogP contribution < -0.4 is 0 Å². The zero-order valence-corrected chi connectivity index (χ0v) is 45.3. The van der Waals surface area contributed by atoms with Crippen molar-refractivity contribution in [3.05, 3.63) is 0 Å². The van der Waals surface area contributed by atoms with E-state index in [1.807, 2.05) is 0 Å². The van der Waals surface area contributed by atoms with Gasteiger partial charge in [0.15, 0.2) is 0 Å². The Labute approximate surface area is 423 Å². The molecule has 0 bridgehead atoms. The number of rotatable bonds is 60. The van der Waals surface area contributed by atoms with Crippen LogP contribution in [0.2, 0.25) is 0 Å². The van der Waals surface area contributed by atoms with Crippen LogP contribution in [0.4, 0.5) is 0 Å². The Hall–Kier alpha value is -1.05. The van der Waals surface area contributed by atoms with Crippen LogP contribution in [0, 0.1) is 11.8 Å². The number of ketones is 1. The Bertz CT molecular complexity index is 903. The molecule has 0 aliphatic heterocycles. The number of hydrogen-bond acceptors (Lipinski definition) is 19. The van der Waals surface area contributed by atoms with E-state index in [1.54, 1.807) is 42.7 Å². The van der Waals surface area contributed by atoms with Gasteiger partial charge in [-0.2, -0.15) is 0 Å². The van der Waals surface area contributed by atoms with Crippen molar-refractivity contribution in [3.8, 4) is 0 Å².